The average molecular weight is 290 g/mol. The van der Waals surface area contributed by atoms with Gasteiger partial charge in [-0.15, -0.1) is 11.8 Å². The maximum Gasteiger partial charge on any atom is 0.175 e. The van der Waals surface area contributed by atoms with Gasteiger partial charge in [0.1, 0.15) is 0 Å². The molecule has 0 heterocycles. The minimum Gasteiger partial charge on any atom is -0.224 e. The Morgan fingerprint density at radius 2 is 1.88 bits per heavy atom. The standard InChI is InChI=1S/C12H18O2S3/c1-3-10(8-15)9-16-11-4-6-12(7-5-11)17(2,13)14/h4-7,10,15H,3,8-9H2,1-2H3. The van der Waals surface area contributed by atoms with Crippen molar-refractivity contribution in [3.63, 3.8) is 0 Å². The van der Waals surface area contributed by atoms with Crippen LogP contribution in [0.3, 0.4) is 0 Å². The maximum absolute atomic E-state index is 11.3. The van der Waals surface area contributed by atoms with Crippen LogP contribution >= 0.6 is 24.4 Å². The fraction of sp³-hybridized carbons (Fsp3) is 0.500. The third-order valence-electron chi connectivity index (χ3n) is 2.57. The third kappa shape index (κ3) is 4.94. The van der Waals surface area contributed by atoms with Crippen molar-refractivity contribution >= 4 is 34.2 Å². The van der Waals surface area contributed by atoms with Crippen molar-refractivity contribution in [2.75, 3.05) is 17.8 Å². The molecule has 5 heteroatoms. The molecule has 0 saturated heterocycles. The molecule has 0 saturated carbocycles. The number of thiol groups is 1. The first-order chi connectivity index (χ1) is 7.97. The highest BCUT2D eigenvalue weighted by Gasteiger charge is 2.08. The van der Waals surface area contributed by atoms with Gasteiger partial charge in [-0.05, 0) is 35.9 Å². The van der Waals surface area contributed by atoms with Gasteiger partial charge < -0.3 is 0 Å². The second kappa shape index (κ2) is 6.71. The number of thioether (sulfide) groups is 1. The van der Waals surface area contributed by atoms with Gasteiger partial charge in [0.2, 0.25) is 0 Å². The first-order valence-corrected chi connectivity index (χ1v) is 9.02. The van der Waals surface area contributed by atoms with Gasteiger partial charge in [0.05, 0.1) is 4.90 Å². The lowest BCUT2D eigenvalue weighted by Gasteiger charge is -2.10. The van der Waals surface area contributed by atoms with Crippen molar-refractivity contribution in [3.05, 3.63) is 24.3 Å². The van der Waals surface area contributed by atoms with Crippen molar-refractivity contribution in [2.45, 2.75) is 23.1 Å². The topological polar surface area (TPSA) is 34.1 Å². The maximum atomic E-state index is 11.3. The van der Waals surface area contributed by atoms with E-state index in [0.29, 0.717) is 10.8 Å². The molecule has 1 rings (SSSR count). The highest BCUT2D eigenvalue weighted by molar-refractivity contribution is 7.99. The van der Waals surface area contributed by atoms with Crippen LogP contribution in [-0.4, -0.2) is 26.2 Å². The fourth-order valence-electron chi connectivity index (χ4n) is 1.30. The molecule has 2 nitrogen and oxygen atoms in total. The molecule has 1 atom stereocenters. The highest BCUT2D eigenvalue weighted by Crippen LogP contribution is 2.24. The average Bonchev–Trinajstić information content (AvgIpc) is 2.30. The van der Waals surface area contributed by atoms with Crippen molar-refractivity contribution in [1.29, 1.82) is 0 Å². The summed E-state index contributed by atoms with van der Waals surface area (Å²) in [7, 11) is -3.08. The third-order valence-corrected chi connectivity index (χ3v) is 5.46. The van der Waals surface area contributed by atoms with E-state index in [4.69, 9.17) is 0 Å². The molecule has 0 amide bonds. The first-order valence-electron chi connectivity index (χ1n) is 5.51. The highest BCUT2D eigenvalue weighted by atomic mass is 32.2. The van der Waals surface area contributed by atoms with Crippen LogP contribution in [0, 0.1) is 5.92 Å². The number of hydrogen-bond acceptors (Lipinski definition) is 4. The Hall–Kier alpha value is -0.130. The predicted molar refractivity (Wildman–Crippen MR) is 77.9 cm³/mol. The van der Waals surface area contributed by atoms with Gasteiger partial charge in [-0.3, -0.25) is 0 Å². The lowest BCUT2D eigenvalue weighted by atomic mass is 10.2. The smallest absolute Gasteiger partial charge is 0.175 e. The molecule has 1 aromatic carbocycles. The van der Waals surface area contributed by atoms with Crippen LogP contribution in [0.4, 0.5) is 0 Å². The summed E-state index contributed by atoms with van der Waals surface area (Å²) in [4.78, 5) is 1.49. The second-order valence-corrected chi connectivity index (χ2v) is 7.49. The molecule has 0 N–H and O–H groups in total. The SMILES string of the molecule is CCC(CS)CSc1ccc(S(C)(=O)=O)cc1. The first kappa shape index (κ1) is 14.9. The Balaban J connectivity index is 2.63. The summed E-state index contributed by atoms with van der Waals surface area (Å²) < 4.78 is 22.6. The van der Waals surface area contributed by atoms with E-state index in [1.54, 1.807) is 23.9 Å². The van der Waals surface area contributed by atoms with Gasteiger partial charge in [-0.2, -0.15) is 12.6 Å². The zero-order chi connectivity index (χ0) is 12.9. The van der Waals surface area contributed by atoms with E-state index in [1.807, 2.05) is 12.1 Å². The fourth-order valence-corrected chi connectivity index (χ4v) is 3.60. The second-order valence-electron chi connectivity index (χ2n) is 4.01. The lowest BCUT2D eigenvalue weighted by molar-refractivity contribution is 0.602. The molecule has 0 aliphatic rings. The van der Waals surface area contributed by atoms with E-state index in [9.17, 15) is 8.42 Å². The van der Waals surface area contributed by atoms with Crippen LogP contribution in [0.15, 0.2) is 34.1 Å². The van der Waals surface area contributed by atoms with E-state index >= 15 is 0 Å². The van der Waals surface area contributed by atoms with Crippen LogP contribution in [0.5, 0.6) is 0 Å². The van der Waals surface area contributed by atoms with Crippen LogP contribution in [0.25, 0.3) is 0 Å². The van der Waals surface area contributed by atoms with Gasteiger partial charge in [0.15, 0.2) is 9.84 Å². The van der Waals surface area contributed by atoms with E-state index in [2.05, 4.69) is 19.6 Å². The molecular formula is C12H18O2S3. The molecule has 0 aliphatic heterocycles. The molecule has 0 fully saturated rings. The minimum absolute atomic E-state index is 0.378. The Morgan fingerprint density at radius 1 is 1.29 bits per heavy atom. The molecule has 0 aliphatic carbocycles. The van der Waals surface area contributed by atoms with Crippen LogP contribution in [0.2, 0.25) is 0 Å². The van der Waals surface area contributed by atoms with Gasteiger partial charge in [0, 0.05) is 16.9 Å². The number of benzene rings is 1. The summed E-state index contributed by atoms with van der Waals surface area (Å²) in [6, 6.07) is 7.07. The molecule has 1 aromatic rings. The van der Waals surface area contributed by atoms with E-state index in [-0.39, 0.29) is 0 Å². The Labute approximate surface area is 114 Å². The van der Waals surface area contributed by atoms with Crippen LogP contribution in [-0.2, 0) is 9.84 Å². The number of hydrogen-bond donors (Lipinski definition) is 1. The summed E-state index contributed by atoms with van der Waals surface area (Å²) in [5.74, 6) is 2.53. The monoisotopic (exact) mass is 290 g/mol. The van der Waals surface area contributed by atoms with Crippen molar-refractivity contribution in [2.24, 2.45) is 5.92 Å². The summed E-state index contributed by atoms with van der Waals surface area (Å²) in [6.45, 7) is 2.16. The zero-order valence-corrected chi connectivity index (χ0v) is 12.6. The number of sulfone groups is 1. The molecular weight excluding hydrogens is 272 g/mol. The summed E-state index contributed by atoms with van der Waals surface area (Å²) >= 11 is 6.06. The Bertz CT molecular complexity index is 433. The normalized spacial score (nSPS) is 13.6. The summed E-state index contributed by atoms with van der Waals surface area (Å²) in [5.41, 5.74) is 0. The summed E-state index contributed by atoms with van der Waals surface area (Å²) in [6.07, 6.45) is 2.35. The molecule has 0 spiro atoms. The van der Waals surface area contributed by atoms with E-state index in [0.717, 1.165) is 22.8 Å². The minimum atomic E-state index is -3.08. The van der Waals surface area contributed by atoms with Gasteiger partial charge in [0.25, 0.3) is 0 Å². The Kier molecular flexibility index (Phi) is 5.89. The largest absolute Gasteiger partial charge is 0.224 e. The van der Waals surface area contributed by atoms with Crippen LogP contribution in [0.1, 0.15) is 13.3 Å². The molecule has 1 unspecified atom stereocenters. The molecule has 17 heavy (non-hydrogen) atoms. The van der Waals surface area contributed by atoms with Gasteiger partial charge in [-0.1, -0.05) is 13.3 Å². The summed E-state index contributed by atoms with van der Waals surface area (Å²) in [5, 5.41) is 0. The van der Waals surface area contributed by atoms with Gasteiger partial charge in [-0.25, -0.2) is 8.42 Å². The van der Waals surface area contributed by atoms with Crippen molar-refractivity contribution < 1.29 is 8.42 Å². The number of rotatable bonds is 6. The zero-order valence-electron chi connectivity index (χ0n) is 10.1. The predicted octanol–water partition coefficient (Wildman–Crippen LogP) is 3.14. The quantitative estimate of drug-likeness (QED) is 0.645. The lowest BCUT2D eigenvalue weighted by Crippen LogP contribution is -2.03. The van der Waals surface area contributed by atoms with Crippen molar-refractivity contribution in [1.82, 2.24) is 0 Å². The van der Waals surface area contributed by atoms with Crippen LogP contribution < -0.4 is 0 Å². The van der Waals surface area contributed by atoms with Gasteiger partial charge >= 0.3 is 0 Å². The van der Waals surface area contributed by atoms with E-state index in [1.165, 1.54) is 6.26 Å². The molecule has 0 bridgehead atoms. The molecule has 0 aromatic heterocycles. The molecule has 0 radical (unpaired) electrons. The van der Waals surface area contributed by atoms with Crippen molar-refractivity contribution in [3.8, 4) is 0 Å². The molecule has 96 valence electrons. The Morgan fingerprint density at radius 3 is 2.29 bits per heavy atom. The van der Waals surface area contributed by atoms with E-state index < -0.39 is 9.84 Å².